The van der Waals surface area contributed by atoms with Crippen molar-refractivity contribution in [3.8, 4) is 0 Å². The summed E-state index contributed by atoms with van der Waals surface area (Å²) in [6.45, 7) is 0. The van der Waals surface area contributed by atoms with Crippen molar-refractivity contribution in [3.63, 3.8) is 0 Å². The Labute approximate surface area is 119 Å². The zero-order chi connectivity index (χ0) is 13.4. The van der Waals surface area contributed by atoms with E-state index in [4.69, 9.17) is 0 Å². The normalized spacial score (nSPS) is 33.4. The Balaban J connectivity index is 1.99. The highest BCUT2D eigenvalue weighted by Crippen LogP contribution is 2.46. The minimum absolute atomic E-state index is 1.14. The van der Waals surface area contributed by atoms with Crippen LogP contribution in [0.1, 0.15) is 12.8 Å². The summed E-state index contributed by atoms with van der Waals surface area (Å²) in [6, 6.07) is 0. The molecule has 0 unspecified atom stereocenters. The van der Waals surface area contributed by atoms with Crippen LogP contribution < -0.4 is 0 Å². The second kappa shape index (κ2) is 4.64. The summed E-state index contributed by atoms with van der Waals surface area (Å²) in [7, 11) is 0. The third-order valence-electron chi connectivity index (χ3n) is 4.13. The number of fused-ring (bicyclic) bond motifs is 2. The Morgan fingerprint density at radius 3 is 2.20 bits per heavy atom. The van der Waals surface area contributed by atoms with Crippen molar-refractivity contribution in [2.45, 2.75) is 12.8 Å². The van der Waals surface area contributed by atoms with Crippen LogP contribution in [0, 0.1) is 0 Å². The molecule has 0 N–H and O–H groups in total. The van der Waals surface area contributed by atoms with Crippen molar-refractivity contribution in [3.05, 3.63) is 106 Å². The lowest BCUT2D eigenvalue weighted by atomic mass is 9.85. The van der Waals surface area contributed by atoms with E-state index in [1.807, 2.05) is 0 Å². The first kappa shape index (κ1) is 11.5. The second-order valence-electron chi connectivity index (χ2n) is 5.31. The standard InChI is InChI=1S/C20H16/c1-2-6-12-17-16(11-5-1)18-13-7-3-4-9-15-10-8-14-19(17)20(15)18/h1-7,9,11-14H,8,10H2/b2-1-,4-3-,5-1?,6-2?,7-3?,9-4?,11-5-,12-6-,13-7-,15-9-,16-11?,17-12?,18-13?. The number of hydrogen-bond donors (Lipinski definition) is 0. The minimum Gasteiger partial charge on any atom is -0.0757 e. The van der Waals surface area contributed by atoms with Gasteiger partial charge in [0.05, 0.1) is 0 Å². The fourth-order valence-corrected chi connectivity index (χ4v) is 3.28. The lowest BCUT2D eigenvalue weighted by Crippen LogP contribution is -2.00. The van der Waals surface area contributed by atoms with Crippen molar-refractivity contribution in [2.24, 2.45) is 0 Å². The van der Waals surface area contributed by atoms with Crippen LogP contribution in [0.3, 0.4) is 0 Å². The molecule has 0 atom stereocenters. The number of rotatable bonds is 0. The van der Waals surface area contributed by atoms with E-state index in [-0.39, 0.29) is 0 Å². The van der Waals surface area contributed by atoms with Crippen molar-refractivity contribution < 1.29 is 0 Å². The highest BCUT2D eigenvalue weighted by molar-refractivity contribution is 5.78. The molecule has 0 radical (unpaired) electrons. The second-order valence-corrected chi connectivity index (χ2v) is 5.31. The van der Waals surface area contributed by atoms with E-state index >= 15 is 0 Å². The van der Waals surface area contributed by atoms with Crippen LogP contribution in [0.4, 0.5) is 0 Å². The van der Waals surface area contributed by atoms with Crippen LogP contribution in [-0.4, -0.2) is 0 Å². The average Bonchev–Trinajstić information content (AvgIpc) is 2.68. The van der Waals surface area contributed by atoms with Crippen molar-refractivity contribution in [1.29, 1.82) is 0 Å². The van der Waals surface area contributed by atoms with Crippen LogP contribution in [0.2, 0.25) is 0 Å². The molecule has 0 nitrogen and oxygen atoms in total. The highest BCUT2D eigenvalue weighted by Gasteiger charge is 2.29. The molecule has 0 heterocycles. The molecule has 0 aliphatic heterocycles. The predicted octanol–water partition coefficient (Wildman–Crippen LogP) is 5.05. The molecule has 0 heteroatoms. The van der Waals surface area contributed by atoms with Crippen molar-refractivity contribution in [2.75, 3.05) is 0 Å². The summed E-state index contributed by atoms with van der Waals surface area (Å²) in [6.07, 6.45) is 28.6. The summed E-state index contributed by atoms with van der Waals surface area (Å²) < 4.78 is 0. The largest absolute Gasteiger partial charge is 0.0757 e. The summed E-state index contributed by atoms with van der Waals surface area (Å²) in [5.41, 5.74) is 8.43. The van der Waals surface area contributed by atoms with Crippen LogP contribution >= 0.6 is 0 Å². The molecule has 4 rings (SSSR count). The van der Waals surface area contributed by atoms with Crippen LogP contribution in [0.25, 0.3) is 0 Å². The Morgan fingerprint density at radius 2 is 1.35 bits per heavy atom. The first-order chi connectivity index (χ1) is 9.95. The van der Waals surface area contributed by atoms with Crippen LogP contribution in [-0.2, 0) is 0 Å². The molecule has 0 amide bonds. The van der Waals surface area contributed by atoms with Gasteiger partial charge in [0, 0.05) is 0 Å². The van der Waals surface area contributed by atoms with E-state index in [2.05, 4.69) is 72.9 Å². The van der Waals surface area contributed by atoms with E-state index in [1.165, 1.54) is 33.4 Å². The maximum Gasteiger partial charge on any atom is -0.00699 e. The first-order valence-electron chi connectivity index (χ1n) is 7.21. The fraction of sp³-hybridized carbons (Fsp3) is 0.100. The number of allylic oxidation sites excluding steroid dienone is 18. The molecule has 0 saturated carbocycles. The molecule has 4 aliphatic carbocycles. The van der Waals surface area contributed by atoms with Gasteiger partial charge >= 0.3 is 0 Å². The van der Waals surface area contributed by atoms with Crippen LogP contribution in [0.5, 0.6) is 0 Å². The lowest BCUT2D eigenvalue weighted by Gasteiger charge is -2.18. The molecule has 0 aromatic carbocycles. The maximum absolute atomic E-state index is 2.40. The lowest BCUT2D eigenvalue weighted by molar-refractivity contribution is 0.951. The van der Waals surface area contributed by atoms with E-state index in [0.29, 0.717) is 0 Å². The van der Waals surface area contributed by atoms with Gasteiger partial charge in [0.15, 0.2) is 0 Å². The van der Waals surface area contributed by atoms with E-state index in [1.54, 1.807) is 0 Å². The molecule has 0 spiro atoms. The summed E-state index contributed by atoms with van der Waals surface area (Å²) in [5, 5.41) is 0. The van der Waals surface area contributed by atoms with Gasteiger partial charge in [0.25, 0.3) is 0 Å². The summed E-state index contributed by atoms with van der Waals surface area (Å²) >= 11 is 0. The molecule has 0 aromatic rings. The van der Waals surface area contributed by atoms with Gasteiger partial charge in [0.2, 0.25) is 0 Å². The predicted molar refractivity (Wildman–Crippen MR) is 85.2 cm³/mol. The van der Waals surface area contributed by atoms with Crippen molar-refractivity contribution in [1.82, 2.24) is 0 Å². The van der Waals surface area contributed by atoms with Gasteiger partial charge in [-0.3, -0.25) is 0 Å². The topological polar surface area (TPSA) is 0 Å². The van der Waals surface area contributed by atoms with Gasteiger partial charge in [-0.25, -0.2) is 0 Å². The Bertz CT molecular complexity index is 735. The van der Waals surface area contributed by atoms with Gasteiger partial charge in [-0.05, 0) is 46.3 Å². The van der Waals surface area contributed by atoms with E-state index in [9.17, 15) is 0 Å². The zero-order valence-electron chi connectivity index (χ0n) is 11.3. The zero-order valence-corrected chi connectivity index (χ0v) is 11.3. The summed E-state index contributed by atoms with van der Waals surface area (Å²) in [4.78, 5) is 0. The third kappa shape index (κ3) is 1.69. The maximum atomic E-state index is 2.40. The molecular weight excluding hydrogens is 240 g/mol. The average molecular weight is 256 g/mol. The molecule has 4 aliphatic rings. The van der Waals surface area contributed by atoms with Gasteiger partial charge < -0.3 is 0 Å². The van der Waals surface area contributed by atoms with Gasteiger partial charge in [-0.2, -0.15) is 0 Å². The van der Waals surface area contributed by atoms with Crippen LogP contribution in [0.15, 0.2) is 106 Å². The molecule has 0 aromatic heterocycles. The van der Waals surface area contributed by atoms with Gasteiger partial charge in [-0.1, -0.05) is 72.9 Å². The smallest absolute Gasteiger partial charge is 0.00699 e. The fourth-order valence-electron chi connectivity index (χ4n) is 3.28. The summed E-state index contributed by atoms with van der Waals surface area (Å²) in [5.74, 6) is 0. The molecule has 0 saturated heterocycles. The highest BCUT2D eigenvalue weighted by atomic mass is 14.3. The number of hydrogen-bond acceptors (Lipinski definition) is 0. The van der Waals surface area contributed by atoms with Crippen molar-refractivity contribution >= 4 is 0 Å². The molecule has 20 heavy (non-hydrogen) atoms. The Kier molecular flexibility index (Phi) is 2.67. The Hall–Kier alpha value is -2.34. The van der Waals surface area contributed by atoms with Gasteiger partial charge in [-0.15, -0.1) is 0 Å². The third-order valence-corrected chi connectivity index (χ3v) is 4.13. The van der Waals surface area contributed by atoms with Gasteiger partial charge in [0.1, 0.15) is 0 Å². The van der Waals surface area contributed by atoms with E-state index < -0.39 is 0 Å². The molecule has 0 fully saturated rings. The Morgan fingerprint density at radius 1 is 0.650 bits per heavy atom. The molecule has 0 bridgehead atoms. The SMILES string of the molecule is C1=C2C3=C(\C=C/C=C\C=C/3)C3=C2C(=C/C=C\C=C/3)\CC1. The molecule has 96 valence electrons. The first-order valence-corrected chi connectivity index (χ1v) is 7.21. The molecular formula is C20H16. The monoisotopic (exact) mass is 256 g/mol. The van der Waals surface area contributed by atoms with E-state index in [0.717, 1.165) is 12.8 Å². The quantitative estimate of drug-likeness (QED) is 0.569. The minimum atomic E-state index is 1.14.